The Morgan fingerprint density at radius 2 is 2.16 bits per heavy atom. The van der Waals surface area contributed by atoms with Crippen LogP contribution in [0.1, 0.15) is 25.3 Å². The van der Waals surface area contributed by atoms with Crippen LogP contribution in [0, 0.1) is 5.92 Å². The molecule has 0 aliphatic heterocycles. The van der Waals surface area contributed by atoms with Crippen LogP contribution in [0.4, 0.5) is 0 Å². The fourth-order valence-corrected chi connectivity index (χ4v) is 2.12. The van der Waals surface area contributed by atoms with Gasteiger partial charge in [0.15, 0.2) is 6.61 Å². The minimum Gasteiger partial charge on any atom is -0.484 e. The number of thiocarbonyl (C=S) groups is 1. The molecule has 1 aromatic carbocycles. The minimum absolute atomic E-state index is 0.0410. The van der Waals surface area contributed by atoms with E-state index in [1.54, 1.807) is 24.3 Å². The van der Waals surface area contributed by atoms with E-state index in [0.717, 1.165) is 18.4 Å². The standard InChI is InChI=1S/C14H18N2O2S/c1-2-9-7-12(9)16-13(17)8-18-11-5-3-10(4-6-11)14(15)19/h3-6,9,12H,2,7-8H2,1H3,(H2,15,19)(H,16,17). The van der Waals surface area contributed by atoms with Crippen molar-refractivity contribution in [2.24, 2.45) is 11.7 Å². The fraction of sp³-hybridized carbons (Fsp3) is 0.429. The van der Waals surface area contributed by atoms with Crippen molar-refractivity contribution < 1.29 is 9.53 Å². The zero-order chi connectivity index (χ0) is 13.8. The number of hydrogen-bond acceptors (Lipinski definition) is 3. The van der Waals surface area contributed by atoms with E-state index in [1.807, 2.05) is 0 Å². The van der Waals surface area contributed by atoms with Crippen molar-refractivity contribution in [3.05, 3.63) is 29.8 Å². The molecule has 0 bridgehead atoms. The number of carbonyl (C=O) groups excluding carboxylic acids is 1. The monoisotopic (exact) mass is 278 g/mol. The van der Waals surface area contributed by atoms with Crippen molar-refractivity contribution in [1.82, 2.24) is 5.32 Å². The maximum absolute atomic E-state index is 11.6. The van der Waals surface area contributed by atoms with Gasteiger partial charge in [0.05, 0.1) is 0 Å². The van der Waals surface area contributed by atoms with Gasteiger partial charge in [-0.3, -0.25) is 4.79 Å². The summed E-state index contributed by atoms with van der Waals surface area (Å²) in [6, 6.07) is 7.42. The first-order valence-corrected chi connectivity index (χ1v) is 6.83. The summed E-state index contributed by atoms with van der Waals surface area (Å²) < 4.78 is 5.40. The summed E-state index contributed by atoms with van der Waals surface area (Å²) in [5.74, 6) is 1.21. The van der Waals surface area contributed by atoms with E-state index in [-0.39, 0.29) is 12.5 Å². The minimum atomic E-state index is -0.0700. The highest BCUT2D eigenvalue weighted by Gasteiger charge is 2.36. The van der Waals surface area contributed by atoms with Crippen LogP contribution in [0.15, 0.2) is 24.3 Å². The highest BCUT2D eigenvalue weighted by Crippen LogP contribution is 2.32. The molecule has 0 aromatic heterocycles. The molecular weight excluding hydrogens is 260 g/mol. The van der Waals surface area contributed by atoms with Crippen molar-refractivity contribution in [2.75, 3.05) is 6.61 Å². The highest BCUT2D eigenvalue weighted by molar-refractivity contribution is 7.80. The molecule has 3 N–H and O–H groups in total. The quantitative estimate of drug-likeness (QED) is 0.776. The van der Waals surface area contributed by atoms with Gasteiger partial charge in [-0.25, -0.2) is 0 Å². The summed E-state index contributed by atoms with van der Waals surface area (Å²) in [7, 11) is 0. The molecule has 2 unspecified atom stereocenters. The Balaban J connectivity index is 1.75. The Hall–Kier alpha value is -1.62. The molecule has 19 heavy (non-hydrogen) atoms. The maximum Gasteiger partial charge on any atom is 0.258 e. The first-order chi connectivity index (χ1) is 9.10. The molecule has 1 aliphatic carbocycles. The summed E-state index contributed by atoms with van der Waals surface area (Å²) in [5, 5.41) is 2.95. The van der Waals surface area contributed by atoms with Gasteiger partial charge < -0.3 is 15.8 Å². The number of nitrogens with two attached hydrogens (primary N) is 1. The molecule has 4 nitrogen and oxygen atoms in total. The van der Waals surface area contributed by atoms with E-state index in [1.165, 1.54) is 0 Å². The fourth-order valence-electron chi connectivity index (χ4n) is 1.99. The summed E-state index contributed by atoms with van der Waals surface area (Å²) in [4.78, 5) is 12.0. The van der Waals surface area contributed by atoms with E-state index in [9.17, 15) is 4.79 Å². The number of carbonyl (C=O) groups is 1. The molecule has 1 saturated carbocycles. The lowest BCUT2D eigenvalue weighted by Crippen LogP contribution is -2.31. The lowest BCUT2D eigenvalue weighted by molar-refractivity contribution is -0.123. The van der Waals surface area contributed by atoms with Crippen molar-refractivity contribution in [2.45, 2.75) is 25.8 Å². The van der Waals surface area contributed by atoms with Crippen LogP contribution in [-0.4, -0.2) is 23.5 Å². The second kappa shape index (κ2) is 6.02. The second-order valence-electron chi connectivity index (χ2n) is 4.76. The molecule has 1 aliphatic rings. The number of benzene rings is 1. The molecule has 2 rings (SSSR count). The summed E-state index contributed by atoms with van der Waals surface area (Å²) in [6.45, 7) is 2.18. The molecule has 5 heteroatoms. The van der Waals surface area contributed by atoms with E-state index < -0.39 is 0 Å². The third-order valence-corrected chi connectivity index (χ3v) is 3.54. The van der Waals surface area contributed by atoms with Gasteiger partial charge >= 0.3 is 0 Å². The molecule has 2 atom stereocenters. The van der Waals surface area contributed by atoms with Crippen LogP contribution in [0.5, 0.6) is 5.75 Å². The molecule has 1 aromatic rings. The van der Waals surface area contributed by atoms with Crippen molar-refractivity contribution >= 4 is 23.1 Å². The Morgan fingerprint density at radius 1 is 1.47 bits per heavy atom. The number of nitrogens with one attached hydrogen (secondary N) is 1. The first-order valence-electron chi connectivity index (χ1n) is 6.42. The predicted molar refractivity (Wildman–Crippen MR) is 78.2 cm³/mol. The Kier molecular flexibility index (Phi) is 4.37. The lowest BCUT2D eigenvalue weighted by atomic mass is 10.2. The van der Waals surface area contributed by atoms with Gasteiger partial charge in [0, 0.05) is 11.6 Å². The molecule has 1 fully saturated rings. The Morgan fingerprint density at radius 3 is 2.68 bits per heavy atom. The summed E-state index contributed by atoms with van der Waals surface area (Å²) >= 11 is 4.86. The van der Waals surface area contributed by atoms with Crippen molar-refractivity contribution in [3.8, 4) is 5.75 Å². The Bertz CT molecular complexity index is 473. The molecule has 0 radical (unpaired) electrons. The van der Waals surface area contributed by atoms with E-state index in [2.05, 4.69) is 12.2 Å². The van der Waals surface area contributed by atoms with Crippen molar-refractivity contribution in [3.63, 3.8) is 0 Å². The van der Waals surface area contributed by atoms with Crippen LogP contribution in [0.2, 0.25) is 0 Å². The zero-order valence-electron chi connectivity index (χ0n) is 10.9. The molecule has 0 saturated heterocycles. The number of rotatable bonds is 6. The van der Waals surface area contributed by atoms with Gasteiger partial charge in [-0.05, 0) is 36.6 Å². The average Bonchev–Trinajstić information content (AvgIpc) is 3.15. The lowest BCUT2D eigenvalue weighted by Gasteiger charge is -2.07. The molecule has 102 valence electrons. The second-order valence-corrected chi connectivity index (χ2v) is 5.20. The molecule has 0 spiro atoms. The maximum atomic E-state index is 11.6. The van der Waals surface area contributed by atoms with Crippen LogP contribution < -0.4 is 15.8 Å². The largest absolute Gasteiger partial charge is 0.484 e. The van der Waals surface area contributed by atoms with Gasteiger partial charge in [-0.2, -0.15) is 0 Å². The highest BCUT2D eigenvalue weighted by atomic mass is 32.1. The summed E-state index contributed by atoms with van der Waals surface area (Å²) in [6.07, 6.45) is 2.21. The number of hydrogen-bond donors (Lipinski definition) is 2. The van der Waals surface area contributed by atoms with E-state index in [0.29, 0.717) is 22.7 Å². The Labute approximate surface area is 118 Å². The third kappa shape index (κ3) is 3.92. The summed E-state index contributed by atoms with van der Waals surface area (Å²) in [5.41, 5.74) is 6.29. The normalized spacial score (nSPS) is 20.7. The SMILES string of the molecule is CCC1CC1NC(=O)COc1ccc(C(N)=S)cc1. The number of amides is 1. The van der Waals surface area contributed by atoms with Gasteiger partial charge in [-0.1, -0.05) is 25.6 Å². The predicted octanol–water partition coefficient (Wildman–Crippen LogP) is 1.61. The third-order valence-electron chi connectivity index (χ3n) is 3.30. The van der Waals surface area contributed by atoms with Crippen molar-refractivity contribution in [1.29, 1.82) is 0 Å². The molecule has 1 amide bonds. The van der Waals surface area contributed by atoms with Gasteiger partial charge in [0.1, 0.15) is 10.7 Å². The topological polar surface area (TPSA) is 64.3 Å². The van der Waals surface area contributed by atoms with Gasteiger partial charge in [0.2, 0.25) is 0 Å². The molecule has 0 heterocycles. The van der Waals surface area contributed by atoms with Gasteiger partial charge in [-0.15, -0.1) is 0 Å². The van der Waals surface area contributed by atoms with Gasteiger partial charge in [0.25, 0.3) is 5.91 Å². The average molecular weight is 278 g/mol. The van der Waals surface area contributed by atoms with Crippen LogP contribution in [-0.2, 0) is 4.79 Å². The van der Waals surface area contributed by atoms with E-state index in [4.69, 9.17) is 22.7 Å². The molecular formula is C14H18N2O2S. The smallest absolute Gasteiger partial charge is 0.258 e. The van der Waals surface area contributed by atoms with Crippen LogP contribution in [0.25, 0.3) is 0 Å². The van der Waals surface area contributed by atoms with Crippen LogP contribution in [0.3, 0.4) is 0 Å². The zero-order valence-corrected chi connectivity index (χ0v) is 11.7. The van der Waals surface area contributed by atoms with Crippen LogP contribution >= 0.6 is 12.2 Å². The number of ether oxygens (including phenoxy) is 1. The first kappa shape index (κ1) is 13.8. The van der Waals surface area contributed by atoms with E-state index >= 15 is 0 Å².